The Morgan fingerprint density at radius 3 is 2.71 bits per heavy atom. The van der Waals surface area contributed by atoms with Gasteiger partial charge in [0.05, 0.1) is 17.1 Å². The lowest BCUT2D eigenvalue weighted by molar-refractivity contribution is 0.0693. The van der Waals surface area contributed by atoms with Crippen LogP contribution in [0.15, 0.2) is 15.5 Å². The lowest BCUT2D eigenvalue weighted by atomic mass is 10.2. The highest BCUT2D eigenvalue weighted by molar-refractivity contribution is 9.10. The number of hydrogen-bond acceptors (Lipinski definition) is 3. The SMILES string of the molecule is COC[C@H](C)n1cc(C(=O)O)c(=O)c(Br)c1C. The summed E-state index contributed by atoms with van der Waals surface area (Å²) >= 11 is 3.13. The monoisotopic (exact) mass is 303 g/mol. The van der Waals surface area contributed by atoms with Gasteiger partial charge >= 0.3 is 5.97 Å². The molecule has 0 aliphatic rings. The average molecular weight is 304 g/mol. The second-order valence-corrected chi connectivity index (χ2v) is 4.58. The summed E-state index contributed by atoms with van der Waals surface area (Å²) in [6, 6.07) is -0.0463. The Morgan fingerprint density at radius 1 is 1.65 bits per heavy atom. The zero-order valence-electron chi connectivity index (χ0n) is 9.86. The van der Waals surface area contributed by atoms with E-state index < -0.39 is 11.4 Å². The van der Waals surface area contributed by atoms with Crippen molar-refractivity contribution in [2.45, 2.75) is 19.9 Å². The molecule has 5 nitrogen and oxygen atoms in total. The molecule has 1 N–H and O–H groups in total. The van der Waals surface area contributed by atoms with Crippen molar-refractivity contribution >= 4 is 21.9 Å². The van der Waals surface area contributed by atoms with Gasteiger partial charge in [-0.2, -0.15) is 0 Å². The molecule has 0 radical (unpaired) electrons. The molecule has 6 heteroatoms. The minimum absolute atomic E-state index is 0.0463. The second kappa shape index (κ2) is 5.46. The Balaban J connectivity index is 3.42. The van der Waals surface area contributed by atoms with E-state index in [4.69, 9.17) is 9.84 Å². The molecule has 1 heterocycles. The molecule has 0 aliphatic carbocycles. The molecule has 0 aromatic carbocycles. The minimum atomic E-state index is -1.23. The maximum Gasteiger partial charge on any atom is 0.341 e. The molecule has 0 aliphatic heterocycles. The van der Waals surface area contributed by atoms with Crippen LogP contribution in [-0.4, -0.2) is 29.4 Å². The van der Waals surface area contributed by atoms with Crippen molar-refractivity contribution in [3.63, 3.8) is 0 Å². The highest BCUT2D eigenvalue weighted by atomic mass is 79.9. The molecule has 0 unspecified atom stereocenters. The number of pyridine rings is 1. The quantitative estimate of drug-likeness (QED) is 0.921. The number of hydrogen-bond donors (Lipinski definition) is 1. The molecule has 1 atom stereocenters. The van der Waals surface area contributed by atoms with E-state index in [9.17, 15) is 9.59 Å². The van der Waals surface area contributed by atoms with Gasteiger partial charge in [0.2, 0.25) is 5.43 Å². The van der Waals surface area contributed by atoms with Gasteiger partial charge in [-0.05, 0) is 29.8 Å². The number of nitrogens with zero attached hydrogens (tertiary/aromatic N) is 1. The Labute approximate surface area is 107 Å². The average Bonchev–Trinajstić information content (AvgIpc) is 2.26. The van der Waals surface area contributed by atoms with Gasteiger partial charge in [0.1, 0.15) is 5.56 Å². The van der Waals surface area contributed by atoms with Crippen LogP contribution in [-0.2, 0) is 4.74 Å². The van der Waals surface area contributed by atoms with Crippen molar-refractivity contribution in [2.24, 2.45) is 0 Å². The first kappa shape index (κ1) is 13.9. The molecule has 1 rings (SSSR count). The Kier molecular flexibility index (Phi) is 4.47. The number of methoxy groups -OCH3 is 1. The van der Waals surface area contributed by atoms with Crippen LogP contribution in [0.3, 0.4) is 0 Å². The van der Waals surface area contributed by atoms with E-state index >= 15 is 0 Å². The number of carboxylic acid groups (broad SMARTS) is 1. The number of aromatic carboxylic acids is 1. The first-order valence-electron chi connectivity index (χ1n) is 5.03. The van der Waals surface area contributed by atoms with Crippen LogP contribution in [0.5, 0.6) is 0 Å². The third kappa shape index (κ3) is 2.76. The summed E-state index contributed by atoms with van der Waals surface area (Å²) in [5.74, 6) is -1.23. The van der Waals surface area contributed by atoms with Crippen molar-refractivity contribution < 1.29 is 14.6 Å². The lowest BCUT2D eigenvalue weighted by Crippen LogP contribution is -2.24. The van der Waals surface area contributed by atoms with E-state index in [1.807, 2.05) is 6.92 Å². The number of rotatable bonds is 4. The number of aromatic nitrogens is 1. The van der Waals surface area contributed by atoms with Gasteiger partial charge in [0.15, 0.2) is 0 Å². The van der Waals surface area contributed by atoms with E-state index in [1.54, 1.807) is 18.6 Å². The molecule has 17 heavy (non-hydrogen) atoms. The number of halogens is 1. The largest absolute Gasteiger partial charge is 0.477 e. The van der Waals surface area contributed by atoms with Crippen molar-refractivity contribution in [3.8, 4) is 0 Å². The molecule has 94 valence electrons. The van der Waals surface area contributed by atoms with Gasteiger partial charge in [-0.25, -0.2) is 4.79 Å². The van der Waals surface area contributed by atoms with Crippen LogP contribution in [0.4, 0.5) is 0 Å². The Hall–Kier alpha value is -1.14. The molecule has 0 amide bonds. The van der Waals surface area contributed by atoms with E-state index in [1.165, 1.54) is 6.20 Å². The Morgan fingerprint density at radius 2 is 2.24 bits per heavy atom. The maximum atomic E-state index is 11.7. The number of ether oxygens (including phenoxy) is 1. The first-order valence-corrected chi connectivity index (χ1v) is 5.83. The van der Waals surface area contributed by atoms with Gasteiger partial charge in [0, 0.05) is 19.0 Å². The van der Waals surface area contributed by atoms with E-state index in [0.29, 0.717) is 12.3 Å². The smallest absolute Gasteiger partial charge is 0.341 e. The normalized spacial score (nSPS) is 12.5. The predicted molar refractivity (Wildman–Crippen MR) is 66.7 cm³/mol. The highest BCUT2D eigenvalue weighted by Crippen LogP contribution is 2.17. The molecular formula is C11H14BrNO4. The van der Waals surface area contributed by atoms with Gasteiger partial charge in [-0.1, -0.05) is 0 Å². The molecule has 0 saturated carbocycles. The summed E-state index contributed by atoms with van der Waals surface area (Å²) in [6.45, 7) is 4.08. The third-order valence-electron chi connectivity index (χ3n) is 2.53. The van der Waals surface area contributed by atoms with Gasteiger partial charge in [-0.3, -0.25) is 4.79 Å². The van der Waals surface area contributed by atoms with Crippen LogP contribution in [0.25, 0.3) is 0 Å². The van der Waals surface area contributed by atoms with Crippen LogP contribution in [0.2, 0.25) is 0 Å². The maximum absolute atomic E-state index is 11.7. The van der Waals surface area contributed by atoms with Crippen molar-refractivity contribution in [1.82, 2.24) is 4.57 Å². The molecule has 1 aromatic heterocycles. The van der Waals surface area contributed by atoms with Crippen LogP contribution in [0.1, 0.15) is 29.0 Å². The van der Waals surface area contributed by atoms with Crippen LogP contribution in [0, 0.1) is 6.92 Å². The summed E-state index contributed by atoms with van der Waals surface area (Å²) < 4.78 is 7.02. The van der Waals surface area contributed by atoms with Crippen LogP contribution < -0.4 is 5.43 Å². The highest BCUT2D eigenvalue weighted by Gasteiger charge is 2.17. The molecule has 0 fully saturated rings. The van der Waals surface area contributed by atoms with Crippen LogP contribution >= 0.6 is 15.9 Å². The van der Waals surface area contributed by atoms with Crippen molar-refractivity contribution in [2.75, 3.05) is 13.7 Å². The first-order chi connectivity index (χ1) is 7.90. The summed E-state index contributed by atoms with van der Waals surface area (Å²) in [5, 5.41) is 8.95. The summed E-state index contributed by atoms with van der Waals surface area (Å²) in [4.78, 5) is 22.6. The van der Waals surface area contributed by atoms with Crippen molar-refractivity contribution in [1.29, 1.82) is 0 Å². The predicted octanol–water partition coefficient (Wildman–Crippen LogP) is 1.82. The lowest BCUT2D eigenvalue weighted by Gasteiger charge is -2.19. The Bertz CT molecular complexity index is 495. The fourth-order valence-corrected chi connectivity index (χ4v) is 2.04. The van der Waals surface area contributed by atoms with Crippen molar-refractivity contribution in [3.05, 3.63) is 32.2 Å². The minimum Gasteiger partial charge on any atom is -0.477 e. The topological polar surface area (TPSA) is 68.5 Å². The zero-order valence-corrected chi connectivity index (χ0v) is 11.4. The fourth-order valence-electron chi connectivity index (χ4n) is 1.62. The fraction of sp³-hybridized carbons (Fsp3) is 0.455. The molecule has 0 bridgehead atoms. The molecular weight excluding hydrogens is 290 g/mol. The number of carbonyl (C=O) groups is 1. The third-order valence-corrected chi connectivity index (χ3v) is 3.46. The zero-order chi connectivity index (χ0) is 13.2. The van der Waals surface area contributed by atoms with Gasteiger partial charge in [-0.15, -0.1) is 0 Å². The van der Waals surface area contributed by atoms with E-state index in [0.717, 1.165) is 0 Å². The second-order valence-electron chi connectivity index (χ2n) is 3.79. The van der Waals surface area contributed by atoms with Gasteiger partial charge in [0.25, 0.3) is 0 Å². The molecule has 0 spiro atoms. The summed E-state index contributed by atoms with van der Waals surface area (Å²) in [5.41, 5.74) is -0.0640. The summed E-state index contributed by atoms with van der Waals surface area (Å²) in [6.07, 6.45) is 1.36. The van der Waals surface area contributed by atoms with E-state index in [-0.39, 0.29) is 16.1 Å². The molecule has 1 aromatic rings. The van der Waals surface area contributed by atoms with E-state index in [2.05, 4.69) is 15.9 Å². The standard InChI is InChI=1S/C11H14BrNO4/c1-6(5-17-3)13-4-8(11(15)16)10(14)9(12)7(13)2/h4,6H,5H2,1-3H3,(H,15,16)/t6-/m0/s1. The molecule has 0 saturated heterocycles. The van der Waals surface area contributed by atoms with Gasteiger partial charge < -0.3 is 14.4 Å². The number of carboxylic acids is 1. The summed E-state index contributed by atoms with van der Waals surface area (Å²) in [7, 11) is 1.57.